The third kappa shape index (κ3) is 4.06. The Morgan fingerprint density at radius 2 is 1.95 bits per heavy atom. The van der Waals surface area contributed by atoms with Crippen molar-refractivity contribution >= 4 is 39.0 Å². The first-order valence-corrected chi connectivity index (χ1v) is 7.82. The molecule has 0 spiro atoms. The highest BCUT2D eigenvalue weighted by Crippen LogP contribution is 2.18. The summed E-state index contributed by atoms with van der Waals surface area (Å²) in [5.41, 5.74) is 0.286. The Labute approximate surface area is 125 Å². The second-order valence-electron chi connectivity index (χ2n) is 3.97. The molecule has 1 heterocycles. The highest BCUT2D eigenvalue weighted by atomic mass is 35.5. The van der Waals surface area contributed by atoms with E-state index in [1.54, 1.807) is 0 Å². The van der Waals surface area contributed by atoms with Crippen molar-refractivity contribution in [2.45, 2.75) is 5.75 Å². The maximum atomic E-state index is 13.3. The minimum absolute atomic E-state index is 0.0570. The molecule has 0 saturated heterocycles. The average Bonchev–Trinajstić information content (AvgIpc) is 2.36. The zero-order valence-corrected chi connectivity index (χ0v) is 12.3. The lowest BCUT2D eigenvalue weighted by molar-refractivity contribution is 0.599. The number of rotatable bonds is 4. The van der Waals surface area contributed by atoms with E-state index in [0.29, 0.717) is 5.02 Å². The molecule has 4 nitrogen and oxygen atoms in total. The number of halogens is 3. The third-order valence-electron chi connectivity index (χ3n) is 2.33. The number of sulfonamides is 1. The molecule has 0 radical (unpaired) electrons. The first kappa shape index (κ1) is 15.0. The van der Waals surface area contributed by atoms with Gasteiger partial charge in [-0.05, 0) is 29.8 Å². The van der Waals surface area contributed by atoms with Crippen LogP contribution in [0, 0.1) is 5.82 Å². The van der Waals surface area contributed by atoms with Crippen LogP contribution in [0.15, 0.2) is 36.5 Å². The predicted molar refractivity (Wildman–Crippen MR) is 76.9 cm³/mol. The van der Waals surface area contributed by atoms with E-state index in [2.05, 4.69) is 9.71 Å². The van der Waals surface area contributed by atoms with Crippen molar-refractivity contribution in [2.75, 3.05) is 4.72 Å². The first-order chi connectivity index (χ1) is 9.35. The van der Waals surface area contributed by atoms with Crippen LogP contribution in [0.1, 0.15) is 5.56 Å². The fourth-order valence-electron chi connectivity index (χ4n) is 1.48. The van der Waals surface area contributed by atoms with Gasteiger partial charge in [-0.1, -0.05) is 29.3 Å². The van der Waals surface area contributed by atoms with E-state index in [0.717, 1.165) is 6.07 Å². The summed E-state index contributed by atoms with van der Waals surface area (Å²) in [6.45, 7) is 0. The summed E-state index contributed by atoms with van der Waals surface area (Å²) < 4.78 is 39.3. The molecule has 2 aromatic rings. The Morgan fingerprint density at radius 1 is 1.20 bits per heavy atom. The standard InChI is InChI=1S/C12H9Cl2FN2O2S/c13-9-2-4-12(16-6-9)17-20(18,19)7-8-1-3-10(14)11(15)5-8/h1-6H,7H2,(H,16,17). The van der Waals surface area contributed by atoms with E-state index in [1.807, 2.05) is 0 Å². The van der Waals surface area contributed by atoms with Gasteiger partial charge in [0, 0.05) is 6.20 Å². The van der Waals surface area contributed by atoms with Crippen LogP contribution in [-0.4, -0.2) is 13.4 Å². The van der Waals surface area contributed by atoms with Crippen LogP contribution in [0.25, 0.3) is 0 Å². The molecule has 1 aromatic carbocycles. The SMILES string of the molecule is O=S(=O)(Cc1ccc(Cl)c(F)c1)Nc1ccc(Cl)cn1. The third-order valence-corrected chi connectivity index (χ3v) is 4.09. The molecule has 0 aliphatic heterocycles. The second kappa shape index (κ2) is 5.95. The smallest absolute Gasteiger partial charge is 0.238 e. The topological polar surface area (TPSA) is 59.1 Å². The molecule has 0 fully saturated rings. The number of anilines is 1. The summed E-state index contributed by atoms with van der Waals surface area (Å²) in [6, 6.07) is 6.77. The molecule has 1 N–H and O–H groups in total. The van der Waals surface area contributed by atoms with Gasteiger partial charge in [0.15, 0.2) is 0 Å². The number of nitrogens with zero attached hydrogens (tertiary/aromatic N) is 1. The van der Waals surface area contributed by atoms with Crippen LogP contribution in [-0.2, 0) is 15.8 Å². The number of nitrogens with one attached hydrogen (secondary N) is 1. The second-order valence-corrected chi connectivity index (χ2v) is 6.54. The van der Waals surface area contributed by atoms with Gasteiger partial charge in [-0.2, -0.15) is 0 Å². The maximum absolute atomic E-state index is 13.3. The van der Waals surface area contributed by atoms with Crippen LogP contribution >= 0.6 is 23.2 Å². The molecule has 20 heavy (non-hydrogen) atoms. The van der Waals surface area contributed by atoms with Gasteiger partial charge in [0.05, 0.1) is 15.8 Å². The number of pyridine rings is 1. The summed E-state index contributed by atoms with van der Waals surface area (Å²) in [7, 11) is -3.70. The number of hydrogen-bond donors (Lipinski definition) is 1. The van der Waals surface area contributed by atoms with Crippen LogP contribution in [0.2, 0.25) is 10.0 Å². The van der Waals surface area contributed by atoms with E-state index >= 15 is 0 Å². The number of aromatic nitrogens is 1. The van der Waals surface area contributed by atoms with Crippen molar-refractivity contribution in [3.8, 4) is 0 Å². The Kier molecular flexibility index (Phi) is 4.47. The van der Waals surface area contributed by atoms with Crippen molar-refractivity contribution in [3.05, 3.63) is 58.0 Å². The molecule has 8 heteroatoms. The fourth-order valence-corrected chi connectivity index (χ4v) is 2.84. The summed E-state index contributed by atoms with van der Waals surface area (Å²) in [5.74, 6) is -0.904. The van der Waals surface area contributed by atoms with Crippen LogP contribution in [0.4, 0.5) is 10.2 Å². The van der Waals surface area contributed by atoms with E-state index < -0.39 is 15.8 Å². The van der Waals surface area contributed by atoms with Gasteiger partial charge in [0.25, 0.3) is 0 Å². The van der Waals surface area contributed by atoms with Gasteiger partial charge in [0.2, 0.25) is 10.0 Å². The predicted octanol–water partition coefficient (Wildman–Crippen LogP) is 3.47. The summed E-state index contributed by atoms with van der Waals surface area (Å²) >= 11 is 11.2. The molecule has 0 saturated carbocycles. The van der Waals surface area contributed by atoms with Gasteiger partial charge in [-0.3, -0.25) is 4.72 Å². The van der Waals surface area contributed by atoms with E-state index in [-0.39, 0.29) is 22.2 Å². The summed E-state index contributed by atoms with van der Waals surface area (Å²) in [5, 5.41) is 0.339. The average molecular weight is 335 g/mol. The molecular formula is C12H9Cl2FN2O2S. The van der Waals surface area contributed by atoms with Crippen molar-refractivity contribution in [1.82, 2.24) is 4.98 Å². The van der Waals surface area contributed by atoms with E-state index in [9.17, 15) is 12.8 Å². The summed E-state index contributed by atoms with van der Waals surface area (Å²) in [4.78, 5) is 3.82. The molecule has 1 aromatic heterocycles. The Hall–Kier alpha value is -1.37. The van der Waals surface area contributed by atoms with Gasteiger partial charge in [0.1, 0.15) is 11.6 Å². The first-order valence-electron chi connectivity index (χ1n) is 5.42. The van der Waals surface area contributed by atoms with Gasteiger partial charge in [-0.25, -0.2) is 17.8 Å². The lowest BCUT2D eigenvalue weighted by Gasteiger charge is -2.07. The van der Waals surface area contributed by atoms with Crippen LogP contribution in [0.5, 0.6) is 0 Å². The molecule has 0 bridgehead atoms. The van der Waals surface area contributed by atoms with Crippen molar-refractivity contribution in [3.63, 3.8) is 0 Å². The quantitative estimate of drug-likeness (QED) is 0.931. The minimum Gasteiger partial charge on any atom is -0.267 e. The molecular weight excluding hydrogens is 326 g/mol. The van der Waals surface area contributed by atoms with Crippen molar-refractivity contribution in [1.29, 1.82) is 0 Å². The minimum atomic E-state index is -3.70. The lowest BCUT2D eigenvalue weighted by Crippen LogP contribution is -2.16. The summed E-state index contributed by atoms with van der Waals surface area (Å²) in [6.07, 6.45) is 1.32. The largest absolute Gasteiger partial charge is 0.267 e. The van der Waals surface area contributed by atoms with E-state index in [4.69, 9.17) is 23.2 Å². The normalized spacial score (nSPS) is 11.3. The number of hydrogen-bond acceptors (Lipinski definition) is 3. The molecule has 0 unspecified atom stereocenters. The zero-order chi connectivity index (χ0) is 14.8. The van der Waals surface area contributed by atoms with E-state index in [1.165, 1.54) is 30.5 Å². The number of benzene rings is 1. The fraction of sp³-hybridized carbons (Fsp3) is 0.0833. The van der Waals surface area contributed by atoms with Gasteiger partial charge < -0.3 is 0 Å². The highest BCUT2D eigenvalue weighted by molar-refractivity contribution is 7.91. The van der Waals surface area contributed by atoms with Crippen molar-refractivity contribution in [2.24, 2.45) is 0 Å². The van der Waals surface area contributed by atoms with Gasteiger partial charge in [-0.15, -0.1) is 0 Å². The van der Waals surface area contributed by atoms with Crippen LogP contribution in [0.3, 0.4) is 0 Å². The zero-order valence-electron chi connectivity index (χ0n) is 9.98. The molecule has 0 atom stereocenters. The van der Waals surface area contributed by atoms with Crippen molar-refractivity contribution < 1.29 is 12.8 Å². The molecule has 0 aliphatic rings. The maximum Gasteiger partial charge on any atom is 0.238 e. The highest BCUT2D eigenvalue weighted by Gasteiger charge is 2.13. The van der Waals surface area contributed by atoms with Crippen LogP contribution < -0.4 is 4.72 Å². The monoisotopic (exact) mass is 334 g/mol. The Bertz CT molecular complexity index is 721. The molecule has 2 rings (SSSR count). The Morgan fingerprint density at radius 3 is 2.55 bits per heavy atom. The van der Waals surface area contributed by atoms with Gasteiger partial charge >= 0.3 is 0 Å². The Balaban J connectivity index is 2.14. The molecule has 0 amide bonds. The lowest BCUT2D eigenvalue weighted by atomic mass is 10.2. The molecule has 0 aliphatic carbocycles. The molecule has 106 valence electrons.